The van der Waals surface area contributed by atoms with Gasteiger partial charge in [0.05, 0.1) is 45.6 Å². The van der Waals surface area contributed by atoms with Crippen LogP contribution in [0.15, 0.2) is 132 Å². The molecule has 6 aromatic rings. The number of thioether (sulfide) groups is 2. The summed E-state index contributed by atoms with van der Waals surface area (Å²) in [6.07, 6.45) is 11.2. The van der Waals surface area contributed by atoms with Crippen molar-refractivity contribution in [2.45, 2.75) is 9.79 Å². The van der Waals surface area contributed by atoms with Gasteiger partial charge in [0, 0.05) is 34.6 Å². The van der Waals surface area contributed by atoms with E-state index in [0.29, 0.717) is 0 Å². The van der Waals surface area contributed by atoms with Crippen molar-refractivity contribution in [3.05, 3.63) is 122 Å². The number of rotatable bonds is 6. The zero-order valence-corrected chi connectivity index (χ0v) is 24.9. The Morgan fingerprint density at radius 3 is 0.854 bits per heavy atom. The van der Waals surface area contributed by atoms with E-state index < -0.39 is 0 Å². The molecule has 0 saturated heterocycles. The van der Waals surface area contributed by atoms with Gasteiger partial charge in [0.15, 0.2) is 0 Å². The summed E-state index contributed by atoms with van der Waals surface area (Å²) in [6.45, 7) is 0. The average Bonchev–Trinajstić information content (AvgIpc) is 3.06. The van der Waals surface area contributed by atoms with Crippen LogP contribution in [0.5, 0.6) is 0 Å². The van der Waals surface area contributed by atoms with Gasteiger partial charge in [0.1, 0.15) is 0 Å². The minimum Gasteiger partial charge on any atom is -0.255 e. The summed E-state index contributed by atoms with van der Waals surface area (Å²) in [5.74, 6) is 0. The first-order valence-corrected chi connectivity index (χ1v) is 15.0. The monoisotopic (exact) mass is 621 g/mol. The zero-order chi connectivity index (χ0) is 27.6. The van der Waals surface area contributed by atoms with Crippen LogP contribution >= 0.6 is 23.5 Å². The van der Waals surface area contributed by atoms with Crippen LogP contribution < -0.4 is 0 Å². The van der Waals surface area contributed by atoms with Crippen LogP contribution in [0.1, 0.15) is 0 Å². The van der Waals surface area contributed by atoms with Gasteiger partial charge >= 0.3 is 17.1 Å². The van der Waals surface area contributed by atoms with Gasteiger partial charge in [-0.05, 0) is 85.3 Å². The third-order valence-electron chi connectivity index (χ3n) is 5.78. The maximum absolute atomic E-state index is 4.68. The van der Waals surface area contributed by atoms with Gasteiger partial charge in [0.25, 0.3) is 0 Å². The zero-order valence-electron chi connectivity index (χ0n) is 22.3. The number of pyridine rings is 6. The van der Waals surface area contributed by atoms with Crippen LogP contribution in [0, 0.1) is 0 Å². The molecular weight excluding hydrogens is 596 g/mol. The van der Waals surface area contributed by atoms with Crippen molar-refractivity contribution in [3.8, 4) is 45.6 Å². The third kappa shape index (κ3) is 8.08. The molecule has 0 amide bonds. The van der Waals surface area contributed by atoms with Crippen molar-refractivity contribution < 1.29 is 17.1 Å². The molecule has 41 heavy (non-hydrogen) atoms. The first kappa shape index (κ1) is 30.1. The topological polar surface area (TPSA) is 77.3 Å². The fourth-order valence-corrected chi connectivity index (χ4v) is 4.75. The molecule has 6 aromatic heterocycles. The molecule has 0 aliphatic heterocycles. The van der Waals surface area contributed by atoms with Gasteiger partial charge in [-0.1, -0.05) is 24.3 Å². The molecule has 6 heterocycles. The normalized spacial score (nSPS) is 10.2. The number of hydrogen-bond donors (Lipinski definition) is 0. The standard InChI is InChI=1S/2C16H13N3S.Cu/c2*1-20-12-10-15(13-6-2-4-8-17-13)19-16(11-12)14-7-3-5-9-18-14;/h2*2-11H,1H3;/q;;+2. The smallest absolute Gasteiger partial charge is 0.255 e. The molecule has 0 spiro atoms. The van der Waals surface area contributed by atoms with Gasteiger partial charge in [0.2, 0.25) is 0 Å². The Balaban J connectivity index is 0.000000184. The largest absolute Gasteiger partial charge is 2.00 e. The summed E-state index contributed by atoms with van der Waals surface area (Å²) >= 11 is 3.38. The predicted molar refractivity (Wildman–Crippen MR) is 165 cm³/mol. The van der Waals surface area contributed by atoms with Gasteiger partial charge in [-0.2, -0.15) is 0 Å². The second-order valence-electron chi connectivity index (χ2n) is 8.41. The van der Waals surface area contributed by atoms with Gasteiger partial charge in [-0.15, -0.1) is 23.5 Å². The second-order valence-corrected chi connectivity index (χ2v) is 10.2. The Kier molecular flexibility index (Phi) is 11.2. The number of hydrogen-bond acceptors (Lipinski definition) is 8. The molecule has 0 N–H and O–H groups in total. The van der Waals surface area contributed by atoms with E-state index in [1.54, 1.807) is 48.3 Å². The van der Waals surface area contributed by atoms with E-state index in [0.717, 1.165) is 55.3 Å². The maximum Gasteiger partial charge on any atom is 2.00 e. The summed E-state index contributed by atoms with van der Waals surface area (Å²) in [5.41, 5.74) is 7.00. The molecule has 6 rings (SSSR count). The molecule has 0 saturated carbocycles. The minimum atomic E-state index is 0. The SMILES string of the molecule is CSc1cc(-c2ccccn2)nc(-c2ccccn2)c1.CSc1cc(-c2ccccn2)nc(-c2ccccn2)c1.[Cu+2]. The fraction of sp³-hybridized carbons (Fsp3) is 0.0625. The molecule has 0 bridgehead atoms. The quantitative estimate of drug-likeness (QED) is 0.137. The summed E-state index contributed by atoms with van der Waals surface area (Å²) in [6, 6.07) is 31.6. The third-order valence-corrected chi connectivity index (χ3v) is 7.19. The molecule has 0 atom stereocenters. The summed E-state index contributed by atoms with van der Waals surface area (Å²) in [7, 11) is 0. The van der Waals surface area contributed by atoms with Crippen molar-refractivity contribution in [3.63, 3.8) is 0 Å². The van der Waals surface area contributed by atoms with E-state index in [1.165, 1.54) is 0 Å². The van der Waals surface area contributed by atoms with Crippen molar-refractivity contribution >= 4 is 23.5 Å². The Hall–Kier alpha value is -3.88. The molecule has 1 radical (unpaired) electrons. The fourth-order valence-electron chi connectivity index (χ4n) is 3.83. The van der Waals surface area contributed by atoms with Crippen molar-refractivity contribution in [1.82, 2.24) is 29.9 Å². The van der Waals surface area contributed by atoms with Gasteiger partial charge < -0.3 is 0 Å². The number of aromatic nitrogens is 6. The van der Waals surface area contributed by atoms with Crippen LogP contribution in [0.4, 0.5) is 0 Å². The average molecular weight is 622 g/mol. The van der Waals surface area contributed by atoms with Gasteiger partial charge in [-0.3, -0.25) is 19.9 Å². The Morgan fingerprint density at radius 1 is 0.390 bits per heavy atom. The molecule has 0 aliphatic rings. The van der Waals surface area contributed by atoms with Crippen LogP contribution in [-0.2, 0) is 17.1 Å². The van der Waals surface area contributed by atoms with E-state index in [1.807, 2.05) is 72.8 Å². The van der Waals surface area contributed by atoms with E-state index >= 15 is 0 Å². The second kappa shape index (κ2) is 15.2. The van der Waals surface area contributed by atoms with E-state index in [-0.39, 0.29) is 17.1 Å². The molecule has 9 heteroatoms. The molecule has 0 unspecified atom stereocenters. The summed E-state index contributed by atoms with van der Waals surface area (Å²) in [5, 5.41) is 0. The van der Waals surface area contributed by atoms with E-state index in [4.69, 9.17) is 0 Å². The maximum atomic E-state index is 4.68. The summed E-state index contributed by atoms with van der Waals surface area (Å²) in [4.78, 5) is 29.1. The molecule has 0 aliphatic carbocycles. The van der Waals surface area contributed by atoms with Crippen molar-refractivity contribution in [2.24, 2.45) is 0 Å². The minimum absolute atomic E-state index is 0. The number of nitrogens with zero attached hydrogens (tertiary/aromatic N) is 6. The Labute approximate surface area is 259 Å². The first-order chi connectivity index (χ1) is 19.7. The predicted octanol–water partition coefficient (Wildman–Crippen LogP) is 7.85. The van der Waals surface area contributed by atoms with E-state index in [9.17, 15) is 0 Å². The van der Waals surface area contributed by atoms with Crippen LogP contribution in [0.3, 0.4) is 0 Å². The van der Waals surface area contributed by atoms with Crippen LogP contribution in [-0.4, -0.2) is 42.4 Å². The van der Waals surface area contributed by atoms with E-state index in [2.05, 4.69) is 66.7 Å². The molecule has 0 aromatic carbocycles. The summed E-state index contributed by atoms with van der Waals surface area (Å²) < 4.78 is 0. The Bertz CT molecular complexity index is 1420. The van der Waals surface area contributed by atoms with Gasteiger partial charge in [-0.25, -0.2) is 9.97 Å². The van der Waals surface area contributed by atoms with Crippen molar-refractivity contribution in [1.29, 1.82) is 0 Å². The van der Waals surface area contributed by atoms with Crippen LogP contribution in [0.25, 0.3) is 45.6 Å². The Morgan fingerprint density at radius 2 is 0.659 bits per heavy atom. The molecule has 205 valence electrons. The molecular formula is C32H26CuN6S2+2. The van der Waals surface area contributed by atoms with Crippen molar-refractivity contribution in [2.75, 3.05) is 12.5 Å². The first-order valence-electron chi connectivity index (χ1n) is 12.5. The molecule has 6 nitrogen and oxygen atoms in total. The van der Waals surface area contributed by atoms with Crippen LogP contribution in [0.2, 0.25) is 0 Å². The molecule has 0 fully saturated rings.